The second kappa shape index (κ2) is 9.00. The summed E-state index contributed by atoms with van der Waals surface area (Å²) in [6.45, 7) is 1.37. The van der Waals surface area contributed by atoms with Gasteiger partial charge in [0.2, 0.25) is 0 Å². The van der Waals surface area contributed by atoms with Crippen LogP contribution in [0.1, 0.15) is 24.8 Å². The summed E-state index contributed by atoms with van der Waals surface area (Å²) in [5.41, 5.74) is 0.962. The third-order valence-corrected chi connectivity index (χ3v) is 4.29. The summed E-state index contributed by atoms with van der Waals surface area (Å²) in [5, 5.41) is 0. The number of ether oxygens (including phenoxy) is 1. The lowest BCUT2D eigenvalue weighted by atomic mass is 10.2. The number of rotatable bonds is 10. The molecule has 1 N–H and O–H groups in total. The van der Waals surface area contributed by atoms with Gasteiger partial charge in [-0.15, -0.1) is 0 Å². The summed E-state index contributed by atoms with van der Waals surface area (Å²) in [6, 6.07) is 9.52. The summed E-state index contributed by atoms with van der Waals surface area (Å²) in [5.74, 6) is -0.476. The number of nitrogens with zero attached hydrogens (tertiary/aromatic N) is 1. The maximum Gasteiger partial charge on any atom is 0.306 e. The molecule has 0 aliphatic rings. The molecule has 0 bridgehead atoms. The number of hydrogen-bond donors (Lipinski definition) is 1. The summed E-state index contributed by atoms with van der Waals surface area (Å²) < 4.78 is 36.0. The van der Waals surface area contributed by atoms with Gasteiger partial charge in [-0.25, -0.2) is 0 Å². The van der Waals surface area contributed by atoms with Crippen molar-refractivity contribution in [3.05, 3.63) is 35.9 Å². The third kappa shape index (κ3) is 10.0. The van der Waals surface area contributed by atoms with Gasteiger partial charge in [0.15, 0.2) is 0 Å². The van der Waals surface area contributed by atoms with Crippen LogP contribution in [0.3, 0.4) is 0 Å². The van der Waals surface area contributed by atoms with Crippen LogP contribution >= 0.6 is 0 Å². The van der Waals surface area contributed by atoms with Crippen molar-refractivity contribution >= 4 is 16.1 Å². The number of carbonyl (C=O) groups is 1. The highest BCUT2D eigenvalue weighted by atomic mass is 32.2. The molecule has 0 heterocycles. The zero-order chi connectivity index (χ0) is 17.3. The fourth-order valence-electron chi connectivity index (χ4n) is 2.09. The molecule has 1 rings (SSSR count). The van der Waals surface area contributed by atoms with Gasteiger partial charge in [0, 0.05) is 6.42 Å². The number of benzene rings is 1. The van der Waals surface area contributed by atoms with Crippen LogP contribution in [0, 0.1) is 0 Å². The van der Waals surface area contributed by atoms with Crippen LogP contribution in [0.2, 0.25) is 0 Å². The molecule has 7 heteroatoms. The van der Waals surface area contributed by atoms with E-state index >= 15 is 0 Å². The molecule has 0 fully saturated rings. The SMILES string of the molecule is C[N+](C)(CCCCC(=O)OCc1ccccc1)CCS(=O)(=O)O. The van der Waals surface area contributed by atoms with Crippen molar-refractivity contribution in [2.75, 3.05) is 32.9 Å². The Balaban J connectivity index is 2.17. The first-order valence-corrected chi connectivity index (χ1v) is 9.26. The minimum absolute atomic E-state index is 0.225. The molecule has 0 unspecified atom stereocenters. The van der Waals surface area contributed by atoms with Crippen molar-refractivity contribution in [1.82, 2.24) is 0 Å². The lowest BCUT2D eigenvalue weighted by Gasteiger charge is -2.29. The highest BCUT2D eigenvalue weighted by Gasteiger charge is 2.18. The van der Waals surface area contributed by atoms with Crippen molar-refractivity contribution in [2.24, 2.45) is 0 Å². The summed E-state index contributed by atoms with van der Waals surface area (Å²) in [7, 11) is -0.121. The zero-order valence-electron chi connectivity index (χ0n) is 13.8. The Hall–Kier alpha value is -1.44. The summed E-state index contributed by atoms with van der Waals surface area (Å²) in [6.07, 6.45) is 1.84. The molecule has 0 aliphatic heterocycles. The van der Waals surface area contributed by atoms with Gasteiger partial charge in [0.05, 0.1) is 27.2 Å². The van der Waals surface area contributed by atoms with Gasteiger partial charge in [0.25, 0.3) is 10.1 Å². The number of hydrogen-bond acceptors (Lipinski definition) is 4. The molecule has 23 heavy (non-hydrogen) atoms. The first-order chi connectivity index (χ1) is 10.7. The fraction of sp³-hybridized carbons (Fsp3) is 0.562. The maximum absolute atomic E-state index is 11.7. The highest BCUT2D eigenvalue weighted by Crippen LogP contribution is 2.07. The van der Waals surface area contributed by atoms with E-state index < -0.39 is 10.1 Å². The Kier molecular flexibility index (Phi) is 7.67. The van der Waals surface area contributed by atoms with E-state index in [1.165, 1.54) is 0 Å². The molecule has 0 aliphatic carbocycles. The van der Waals surface area contributed by atoms with E-state index in [-0.39, 0.29) is 18.3 Å². The Morgan fingerprint density at radius 1 is 1.13 bits per heavy atom. The molecule has 1 aromatic carbocycles. The quantitative estimate of drug-likeness (QED) is 0.303. The van der Waals surface area contributed by atoms with Crippen molar-refractivity contribution < 1.29 is 27.0 Å². The minimum Gasteiger partial charge on any atom is -0.461 e. The van der Waals surface area contributed by atoms with E-state index in [1.807, 2.05) is 44.4 Å². The second-order valence-electron chi connectivity index (χ2n) is 6.27. The third-order valence-electron chi connectivity index (χ3n) is 3.59. The first kappa shape index (κ1) is 19.6. The van der Waals surface area contributed by atoms with Crippen molar-refractivity contribution in [2.45, 2.75) is 25.9 Å². The van der Waals surface area contributed by atoms with E-state index in [1.54, 1.807) is 0 Å². The van der Waals surface area contributed by atoms with E-state index in [0.29, 0.717) is 23.9 Å². The zero-order valence-corrected chi connectivity index (χ0v) is 14.6. The van der Waals surface area contributed by atoms with Crippen molar-refractivity contribution in [3.63, 3.8) is 0 Å². The molecule has 0 saturated heterocycles. The molecule has 6 nitrogen and oxygen atoms in total. The number of quaternary nitrogens is 1. The first-order valence-electron chi connectivity index (χ1n) is 7.65. The largest absolute Gasteiger partial charge is 0.461 e. The summed E-state index contributed by atoms with van der Waals surface area (Å²) >= 11 is 0. The van der Waals surface area contributed by atoms with Gasteiger partial charge in [-0.3, -0.25) is 9.35 Å². The molecule has 0 spiro atoms. The molecule has 0 atom stereocenters. The minimum atomic E-state index is -3.92. The molecular formula is C16H26NO5S+. The average molecular weight is 344 g/mol. The second-order valence-corrected chi connectivity index (χ2v) is 7.84. The van der Waals surface area contributed by atoms with Gasteiger partial charge in [-0.2, -0.15) is 8.42 Å². The predicted molar refractivity (Wildman–Crippen MR) is 88.3 cm³/mol. The number of carbonyl (C=O) groups excluding carboxylic acids is 1. The van der Waals surface area contributed by atoms with Crippen molar-refractivity contribution in [3.8, 4) is 0 Å². The Bertz CT molecular complexity index is 584. The van der Waals surface area contributed by atoms with Crippen LogP contribution in [0.4, 0.5) is 0 Å². The smallest absolute Gasteiger partial charge is 0.306 e. The van der Waals surface area contributed by atoms with Crippen LogP contribution in [0.15, 0.2) is 30.3 Å². The van der Waals surface area contributed by atoms with Gasteiger partial charge < -0.3 is 9.22 Å². The fourth-order valence-corrected chi connectivity index (χ4v) is 2.82. The van der Waals surface area contributed by atoms with E-state index in [4.69, 9.17) is 9.29 Å². The molecule has 0 radical (unpaired) electrons. The van der Waals surface area contributed by atoms with Gasteiger partial charge in [-0.05, 0) is 18.4 Å². The summed E-state index contributed by atoms with van der Waals surface area (Å²) in [4.78, 5) is 11.7. The van der Waals surface area contributed by atoms with E-state index in [0.717, 1.165) is 18.5 Å². The van der Waals surface area contributed by atoms with E-state index in [9.17, 15) is 13.2 Å². The van der Waals surface area contributed by atoms with Crippen LogP contribution < -0.4 is 0 Å². The topological polar surface area (TPSA) is 80.7 Å². The monoisotopic (exact) mass is 344 g/mol. The number of unbranched alkanes of at least 4 members (excludes halogenated alkanes) is 1. The normalized spacial score (nSPS) is 12.1. The van der Waals surface area contributed by atoms with Gasteiger partial charge in [-0.1, -0.05) is 30.3 Å². The lowest BCUT2D eigenvalue weighted by Crippen LogP contribution is -2.43. The molecule has 130 valence electrons. The van der Waals surface area contributed by atoms with Gasteiger partial charge >= 0.3 is 5.97 Å². The standard InChI is InChI=1S/C16H25NO5S/c1-17(2,12-13-23(19,20)21)11-7-6-10-16(18)22-14-15-8-4-3-5-9-15/h3-5,8-9H,6-7,10-14H2,1-2H3/p+1. The van der Waals surface area contributed by atoms with Crippen LogP contribution in [-0.4, -0.2) is 56.4 Å². The van der Waals surface area contributed by atoms with Crippen molar-refractivity contribution in [1.29, 1.82) is 0 Å². The lowest BCUT2D eigenvalue weighted by molar-refractivity contribution is -0.888. The van der Waals surface area contributed by atoms with Crippen LogP contribution in [-0.2, 0) is 26.3 Å². The molecule has 0 aromatic heterocycles. The Morgan fingerprint density at radius 2 is 1.78 bits per heavy atom. The molecule has 0 saturated carbocycles. The van der Waals surface area contributed by atoms with Crippen LogP contribution in [0.5, 0.6) is 0 Å². The van der Waals surface area contributed by atoms with Gasteiger partial charge in [0.1, 0.15) is 12.4 Å². The molecular weight excluding hydrogens is 318 g/mol. The predicted octanol–water partition coefficient (Wildman–Crippen LogP) is 1.86. The number of esters is 1. The van der Waals surface area contributed by atoms with E-state index in [2.05, 4.69) is 0 Å². The molecule has 1 aromatic rings. The molecule has 0 amide bonds. The average Bonchev–Trinajstić information content (AvgIpc) is 2.48. The highest BCUT2D eigenvalue weighted by molar-refractivity contribution is 7.85. The Labute approximate surface area is 138 Å². The van der Waals surface area contributed by atoms with Crippen LogP contribution in [0.25, 0.3) is 0 Å². The Morgan fingerprint density at radius 3 is 2.39 bits per heavy atom. The maximum atomic E-state index is 11.7.